The van der Waals surface area contributed by atoms with Crippen molar-refractivity contribution in [1.29, 1.82) is 0 Å². The third-order valence-corrected chi connectivity index (χ3v) is 1.81. The molecule has 16 heavy (non-hydrogen) atoms. The van der Waals surface area contributed by atoms with Gasteiger partial charge in [-0.05, 0) is 33.4 Å². The van der Waals surface area contributed by atoms with E-state index in [0.717, 1.165) is 5.57 Å². The summed E-state index contributed by atoms with van der Waals surface area (Å²) in [6.45, 7) is 9.64. The van der Waals surface area contributed by atoms with Crippen LogP contribution in [-0.4, -0.2) is 43.3 Å². The van der Waals surface area contributed by atoms with Gasteiger partial charge in [-0.3, -0.25) is 4.90 Å². The second-order valence-corrected chi connectivity index (χ2v) is 5.14. The van der Waals surface area contributed by atoms with E-state index < -0.39 is 12.7 Å². The first-order valence-corrected chi connectivity index (χ1v) is 5.16. The molecule has 0 radical (unpaired) electrons. The van der Waals surface area contributed by atoms with Gasteiger partial charge in [0.2, 0.25) is 0 Å². The largest absolute Gasteiger partial charge is 0.401 e. The molecule has 5 heteroatoms. The molecule has 0 aliphatic carbocycles. The Balaban J connectivity index is 3.88. The highest BCUT2D eigenvalue weighted by molar-refractivity contribution is 5.00. The molecule has 0 saturated heterocycles. The Kier molecular flexibility index (Phi) is 5.49. The molecule has 0 spiro atoms. The Morgan fingerprint density at radius 3 is 2.12 bits per heavy atom. The van der Waals surface area contributed by atoms with Gasteiger partial charge in [-0.2, -0.15) is 13.2 Å². The lowest BCUT2D eigenvalue weighted by molar-refractivity contribution is -0.142. The van der Waals surface area contributed by atoms with Gasteiger partial charge >= 0.3 is 6.18 Å². The number of halogens is 3. The summed E-state index contributed by atoms with van der Waals surface area (Å²) in [5, 5.41) is 3.18. The van der Waals surface area contributed by atoms with Gasteiger partial charge in [0.1, 0.15) is 0 Å². The molecule has 1 N–H and O–H groups in total. The highest BCUT2D eigenvalue weighted by Crippen LogP contribution is 2.15. The number of nitrogens with one attached hydrogen (secondary N) is 1. The first-order valence-electron chi connectivity index (χ1n) is 5.16. The van der Waals surface area contributed by atoms with Crippen molar-refractivity contribution in [2.45, 2.75) is 32.5 Å². The maximum Gasteiger partial charge on any atom is 0.401 e. The Morgan fingerprint density at radius 2 is 1.75 bits per heavy atom. The zero-order valence-electron chi connectivity index (χ0n) is 10.4. The molecule has 0 aromatic rings. The van der Waals surface area contributed by atoms with Crippen LogP contribution in [0.2, 0.25) is 0 Å². The molecular formula is C11H21F3N2. The van der Waals surface area contributed by atoms with E-state index in [0.29, 0.717) is 6.54 Å². The lowest BCUT2D eigenvalue weighted by Crippen LogP contribution is -2.39. The van der Waals surface area contributed by atoms with Crippen LogP contribution >= 0.6 is 0 Å². The molecule has 0 saturated carbocycles. The Bertz CT molecular complexity index is 228. The number of likely N-dealkylation sites (N-methyl/N-ethyl adjacent to an activating group) is 1. The minimum absolute atomic E-state index is 0.0501. The van der Waals surface area contributed by atoms with E-state index in [1.807, 2.05) is 20.8 Å². The first-order chi connectivity index (χ1) is 6.99. The molecule has 0 aromatic heterocycles. The van der Waals surface area contributed by atoms with Gasteiger partial charge in [-0.1, -0.05) is 6.58 Å². The summed E-state index contributed by atoms with van der Waals surface area (Å²) in [5.74, 6) is 0. The molecule has 0 atom stereocenters. The van der Waals surface area contributed by atoms with E-state index in [4.69, 9.17) is 0 Å². The fraction of sp³-hybridized carbons (Fsp3) is 0.818. The number of hydrogen-bond acceptors (Lipinski definition) is 2. The first kappa shape index (κ1) is 15.4. The van der Waals surface area contributed by atoms with Crippen molar-refractivity contribution in [2.75, 3.05) is 26.7 Å². The van der Waals surface area contributed by atoms with Crippen molar-refractivity contribution >= 4 is 0 Å². The fourth-order valence-electron chi connectivity index (χ4n) is 1.19. The molecular weight excluding hydrogens is 217 g/mol. The standard InChI is InChI=1S/C11H21F3N2/c1-9(6-15-10(2,3)4)7-16(5)8-11(12,13)14/h15H,1,6-8H2,2-5H3. The zero-order chi connectivity index (χ0) is 13.0. The third-order valence-electron chi connectivity index (χ3n) is 1.81. The predicted octanol–water partition coefficient (Wildman–Crippen LogP) is 2.42. The van der Waals surface area contributed by atoms with Crippen LogP contribution in [0.5, 0.6) is 0 Å². The molecule has 0 aliphatic rings. The lowest BCUT2D eigenvalue weighted by atomic mass is 10.1. The van der Waals surface area contributed by atoms with Gasteiger partial charge in [0.05, 0.1) is 6.54 Å². The van der Waals surface area contributed by atoms with E-state index in [9.17, 15) is 13.2 Å². The number of hydrogen-bond donors (Lipinski definition) is 1. The van der Waals surface area contributed by atoms with Crippen molar-refractivity contribution in [3.8, 4) is 0 Å². The van der Waals surface area contributed by atoms with E-state index >= 15 is 0 Å². The molecule has 0 unspecified atom stereocenters. The molecule has 2 nitrogen and oxygen atoms in total. The van der Waals surface area contributed by atoms with Crippen molar-refractivity contribution in [2.24, 2.45) is 0 Å². The summed E-state index contributed by atoms with van der Waals surface area (Å²) in [6.07, 6.45) is -4.15. The summed E-state index contributed by atoms with van der Waals surface area (Å²) in [5.41, 5.74) is 0.701. The van der Waals surface area contributed by atoms with Gasteiger partial charge < -0.3 is 5.32 Å². The molecule has 0 rings (SSSR count). The van der Waals surface area contributed by atoms with E-state index in [1.165, 1.54) is 11.9 Å². The summed E-state index contributed by atoms with van der Waals surface area (Å²) in [6, 6.07) is 0. The van der Waals surface area contributed by atoms with Crippen LogP contribution in [0.3, 0.4) is 0 Å². The van der Waals surface area contributed by atoms with Crippen LogP contribution < -0.4 is 5.32 Å². The van der Waals surface area contributed by atoms with Crippen LogP contribution in [0, 0.1) is 0 Å². The average molecular weight is 238 g/mol. The molecule has 0 aliphatic heterocycles. The SMILES string of the molecule is C=C(CNC(C)(C)C)CN(C)CC(F)(F)F. The summed E-state index contributed by atoms with van der Waals surface area (Å²) in [4.78, 5) is 1.21. The molecule has 0 amide bonds. The Labute approximate surface area is 95.5 Å². The van der Waals surface area contributed by atoms with Gasteiger partial charge in [-0.25, -0.2) is 0 Å². The Morgan fingerprint density at radius 1 is 1.25 bits per heavy atom. The summed E-state index contributed by atoms with van der Waals surface area (Å²) in [7, 11) is 1.44. The van der Waals surface area contributed by atoms with Crippen molar-refractivity contribution in [3.63, 3.8) is 0 Å². The van der Waals surface area contributed by atoms with Crippen molar-refractivity contribution < 1.29 is 13.2 Å². The third kappa shape index (κ3) is 9.98. The van der Waals surface area contributed by atoms with Crippen LogP contribution in [0.15, 0.2) is 12.2 Å². The molecule has 0 aromatic carbocycles. The fourth-order valence-corrected chi connectivity index (χ4v) is 1.19. The van der Waals surface area contributed by atoms with Crippen molar-refractivity contribution in [3.05, 3.63) is 12.2 Å². The van der Waals surface area contributed by atoms with E-state index in [1.54, 1.807) is 0 Å². The lowest BCUT2D eigenvalue weighted by Gasteiger charge is -2.24. The summed E-state index contributed by atoms with van der Waals surface area (Å²) >= 11 is 0. The maximum absolute atomic E-state index is 12.0. The molecule has 0 fully saturated rings. The maximum atomic E-state index is 12.0. The van der Waals surface area contributed by atoms with E-state index in [2.05, 4.69) is 11.9 Å². The molecule has 96 valence electrons. The van der Waals surface area contributed by atoms with Gasteiger partial charge in [0, 0.05) is 18.6 Å². The molecule has 0 heterocycles. The second kappa shape index (κ2) is 5.68. The average Bonchev–Trinajstić information content (AvgIpc) is 1.95. The topological polar surface area (TPSA) is 15.3 Å². The number of rotatable bonds is 5. The smallest absolute Gasteiger partial charge is 0.308 e. The second-order valence-electron chi connectivity index (χ2n) is 5.14. The summed E-state index contributed by atoms with van der Waals surface area (Å²) < 4.78 is 36.1. The quantitative estimate of drug-likeness (QED) is 0.740. The van der Waals surface area contributed by atoms with Crippen molar-refractivity contribution in [1.82, 2.24) is 10.2 Å². The van der Waals surface area contributed by atoms with E-state index in [-0.39, 0.29) is 12.1 Å². The van der Waals surface area contributed by atoms with Crippen LogP contribution in [0.1, 0.15) is 20.8 Å². The predicted molar refractivity (Wildman–Crippen MR) is 60.4 cm³/mol. The van der Waals surface area contributed by atoms with Crippen LogP contribution in [0.25, 0.3) is 0 Å². The monoisotopic (exact) mass is 238 g/mol. The van der Waals surface area contributed by atoms with Crippen LogP contribution in [-0.2, 0) is 0 Å². The molecule has 0 bridgehead atoms. The highest BCUT2D eigenvalue weighted by atomic mass is 19.4. The number of alkyl halides is 3. The van der Waals surface area contributed by atoms with Crippen LogP contribution in [0.4, 0.5) is 13.2 Å². The minimum atomic E-state index is -4.15. The normalized spacial score (nSPS) is 13.2. The Hall–Kier alpha value is -0.550. The van der Waals surface area contributed by atoms with Gasteiger partial charge in [-0.15, -0.1) is 0 Å². The number of nitrogens with zero attached hydrogens (tertiary/aromatic N) is 1. The highest BCUT2D eigenvalue weighted by Gasteiger charge is 2.29. The van der Waals surface area contributed by atoms with Gasteiger partial charge in [0.15, 0.2) is 0 Å². The van der Waals surface area contributed by atoms with Gasteiger partial charge in [0.25, 0.3) is 0 Å². The minimum Gasteiger partial charge on any atom is -0.308 e. The zero-order valence-corrected chi connectivity index (χ0v) is 10.4.